The Balaban J connectivity index is 2.72. The summed E-state index contributed by atoms with van der Waals surface area (Å²) < 4.78 is 10.7. The Bertz CT molecular complexity index is 445. The third-order valence-corrected chi connectivity index (χ3v) is 2.91. The fraction of sp³-hybridized carbons (Fsp3) is 0.583. The van der Waals surface area contributed by atoms with Gasteiger partial charge in [0.15, 0.2) is 0 Å². The monoisotopic (exact) mass is 347 g/mol. The maximum absolute atomic E-state index is 11.6. The molecule has 0 saturated carbocycles. The number of aromatic nitrogens is 2. The van der Waals surface area contributed by atoms with Crippen molar-refractivity contribution in [3.05, 3.63) is 16.5 Å². The lowest BCUT2D eigenvalue weighted by Crippen LogP contribution is -2.25. The van der Waals surface area contributed by atoms with Crippen LogP contribution in [0.1, 0.15) is 17.5 Å². The largest absolute Gasteiger partial charge is 0.460 e. The second kappa shape index (κ2) is 8.83. The SMILES string of the molecule is CCOC(=O)c1ncc(Br)c(N(C)CCOCCO)n1. The molecule has 0 aliphatic rings. The number of carbonyl (C=O) groups excluding carboxylic acids is 1. The fourth-order valence-electron chi connectivity index (χ4n) is 1.39. The van der Waals surface area contributed by atoms with E-state index in [9.17, 15) is 4.79 Å². The smallest absolute Gasteiger partial charge is 0.376 e. The zero-order valence-corrected chi connectivity index (χ0v) is 13.1. The highest BCUT2D eigenvalue weighted by atomic mass is 79.9. The average molecular weight is 348 g/mol. The number of anilines is 1. The van der Waals surface area contributed by atoms with E-state index in [1.807, 2.05) is 11.9 Å². The number of hydrogen-bond acceptors (Lipinski definition) is 7. The minimum atomic E-state index is -0.550. The standard InChI is InChI=1S/C12H18BrN3O4/c1-3-20-12(18)10-14-8-9(13)11(15-10)16(2)4-6-19-7-5-17/h8,17H,3-7H2,1-2H3. The van der Waals surface area contributed by atoms with Gasteiger partial charge < -0.3 is 19.5 Å². The summed E-state index contributed by atoms with van der Waals surface area (Å²) in [4.78, 5) is 21.5. The van der Waals surface area contributed by atoms with Crippen LogP contribution in [0.2, 0.25) is 0 Å². The van der Waals surface area contributed by atoms with E-state index in [-0.39, 0.29) is 19.0 Å². The van der Waals surface area contributed by atoms with Crippen molar-refractivity contribution in [2.75, 3.05) is 44.9 Å². The summed E-state index contributed by atoms with van der Waals surface area (Å²) >= 11 is 3.34. The van der Waals surface area contributed by atoms with Crippen LogP contribution in [0.5, 0.6) is 0 Å². The third-order valence-electron chi connectivity index (χ3n) is 2.35. The normalized spacial score (nSPS) is 10.4. The predicted molar refractivity (Wildman–Crippen MR) is 76.9 cm³/mol. The van der Waals surface area contributed by atoms with Gasteiger partial charge in [-0.25, -0.2) is 14.8 Å². The van der Waals surface area contributed by atoms with E-state index in [1.54, 1.807) is 6.92 Å². The Morgan fingerprint density at radius 3 is 2.90 bits per heavy atom. The van der Waals surface area contributed by atoms with Crippen LogP contribution in [0.25, 0.3) is 0 Å². The van der Waals surface area contributed by atoms with Gasteiger partial charge in [0, 0.05) is 19.8 Å². The molecule has 1 N–H and O–H groups in total. The third kappa shape index (κ3) is 5.03. The summed E-state index contributed by atoms with van der Waals surface area (Å²) in [6, 6.07) is 0. The average Bonchev–Trinajstić information content (AvgIpc) is 2.44. The van der Waals surface area contributed by atoms with E-state index in [2.05, 4.69) is 25.9 Å². The maximum Gasteiger partial charge on any atom is 0.376 e. The molecule has 20 heavy (non-hydrogen) atoms. The van der Waals surface area contributed by atoms with E-state index < -0.39 is 5.97 Å². The van der Waals surface area contributed by atoms with Gasteiger partial charge in [0.1, 0.15) is 5.82 Å². The number of halogens is 1. The Morgan fingerprint density at radius 2 is 2.25 bits per heavy atom. The van der Waals surface area contributed by atoms with E-state index in [0.717, 1.165) is 0 Å². The number of likely N-dealkylation sites (N-methyl/N-ethyl adjacent to an activating group) is 1. The summed E-state index contributed by atoms with van der Waals surface area (Å²) in [7, 11) is 1.82. The number of aliphatic hydroxyl groups is 1. The van der Waals surface area contributed by atoms with Gasteiger partial charge in [-0.2, -0.15) is 0 Å². The van der Waals surface area contributed by atoms with Crippen molar-refractivity contribution in [1.82, 2.24) is 9.97 Å². The number of hydrogen-bond donors (Lipinski definition) is 1. The number of esters is 1. The first kappa shape index (κ1) is 16.8. The summed E-state index contributed by atoms with van der Waals surface area (Å²) in [5, 5.41) is 8.62. The molecule has 0 aliphatic carbocycles. The van der Waals surface area contributed by atoms with E-state index >= 15 is 0 Å². The molecule has 1 heterocycles. The zero-order chi connectivity index (χ0) is 15.0. The molecule has 8 heteroatoms. The zero-order valence-electron chi connectivity index (χ0n) is 11.5. The molecule has 0 aliphatic heterocycles. The van der Waals surface area contributed by atoms with E-state index in [4.69, 9.17) is 14.6 Å². The van der Waals surface area contributed by atoms with E-state index in [1.165, 1.54) is 6.20 Å². The van der Waals surface area contributed by atoms with Crippen LogP contribution >= 0.6 is 15.9 Å². The number of rotatable bonds is 8. The lowest BCUT2D eigenvalue weighted by atomic mass is 10.4. The molecule has 0 spiro atoms. The molecule has 1 rings (SSSR count). The van der Waals surface area contributed by atoms with Crippen LogP contribution in [0.3, 0.4) is 0 Å². The van der Waals surface area contributed by atoms with Crippen molar-refractivity contribution in [3.63, 3.8) is 0 Å². The Morgan fingerprint density at radius 1 is 1.50 bits per heavy atom. The van der Waals surface area contributed by atoms with Gasteiger partial charge >= 0.3 is 5.97 Å². The Kier molecular flexibility index (Phi) is 7.42. The van der Waals surface area contributed by atoms with Crippen LogP contribution < -0.4 is 4.90 Å². The molecule has 0 fully saturated rings. The second-order valence-electron chi connectivity index (χ2n) is 3.84. The van der Waals surface area contributed by atoms with Gasteiger partial charge in [0.05, 0.1) is 30.9 Å². The molecule has 0 aromatic carbocycles. The highest BCUT2D eigenvalue weighted by Crippen LogP contribution is 2.22. The van der Waals surface area contributed by atoms with Gasteiger partial charge in [-0.1, -0.05) is 0 Å². The molecular formula is C12H18BrN3O4. The first-order valence-corrected chi connectivity index (χ1v) is 6.98. The second-order valence-corrected chi connectivity index (χ2v) is 4.70. The summed E-state index contributed by atoms with van der Waals surface area (Å²) in [6.45, 7) is 3.31. The molecule has 1 aromatic heterocycles. The van der Waals surface area contributed by atoms with Crippen molar-refractivity contribution in [1.29, 1.82) is 0 Å². The lowest BCUT2D eigenvalue weighted by molar-refractivity contribution is 0.0512. The van der Waals surface area contributed by atoms with Gasteiger partial charge in [-0.15, -0.1) is 0 Å². The molecule has 0 radical (unpaired) electrons. The van der Waals surface area contributed by atoms with Crippen LogP contribution in [0.4, 0.5) is 5.82 Å². The van der Waals surface area contributed by atoms with Gasteiger partial charge in [0.25, 0.3) is 0 Å². The molecule has 1 aromatic rings. The van der Waals surface area contributed by atoms with Crippen LogP contribution in [-0.4, -0.2) is 61.1 Å². The Labute approximate surface area is 126 Å². The fourth-order valence-corrected chi connectivity index (χ4v) is 1.89. The van der Waals surface area contributed by atoms with Crippen molar-refractivity contribution in [2.45, 2.75) is 6.92 Å². The lowest BCUT2D eigenvalue weighted by Gasteiger charge is -2.19. The summed E-state index contributed by atoms with van der Waals surface area (Å²) in [6.07, 6.45) is 1.51. The minimum absolute atomic E-state index is 0.00603. The molecule has 0 bridgehead atoms. The molecule has 0 atom stereocenters. The van der Waals surface area contributed by atoms with Crippen LogP contribution in [-0.2, 0) is 9.47 Å². The van der Waals surface area contributed by atoms with Crippen molar-refractivity contribution < 1.29 is 19.4 Å². The number of carbonyl (C=O) groups is 1. The van der Waals surface area contributed by atoms with Crippen LogP contribution in [0.15, 0.2) is 10.7 Å². The highest BCUT2D eigenvalue weighted by Gasteiger charge is 2.15. The quantitative estimate of drug-likeness (QED) is 0.551. The van der Waals surface area contributed by atoms with Crippen molar-refractivity contribution in [3.8, 4) is 0 Å². The number of aliphatic hydroxyl groups excluding tert-OH is 1. The summed E-state index contributed by atoms with van der Waals surface area (Å²) in [5.41, 5.74) is 0. The highest BCUT2D eigenvalue weighted by molar-refractivity contribution is 9.10. The molecule has 7 nitrogen and oxygen atoms in total. The van der Waals surface area contributed by atoms with Crippen molar-refractivity contribution >= 4 is 27.7 Å². The predicted octanol–water partition coefficient (Wildman–Crippen LogP) is 0.861. The maximum atomic E-state index is 11.6. The number of nitrogens with zero attached hydrogens (tertiary/aromatic N) is 3. The summed E-state index contributed by atoms with van der Waals surface area (Å²) in [5.74, 6) is 0.0509. The van der Waals surface area contributed by atoms with Crippen molar-refractivity contribution in [2.24, 2.45) is 0 Å². The first-order chi connectivity index (χ1) is 9.60. The minimum Gasteiger partial charge on any atom is -0.460 e. The van der Waals surface area contributed by atoms with Gasteiger partial charge in [-0.3, -0.25) is 0 Å². The van der Waals surface area contributed by atoms with E-state index in [0.29, 0.717) is 30.0 Å². The molecule has 0 amide bonds. The number of ether oxygens (including phenoxy) is 2. The molecular weight excluding hydrogens is 330 g/mol. The Hall–Kier alpha value is -1.25. The molecule has 0 unspecified atom stereocenters. The van der Waals surface area contributed by atoms with Gasteiger partial charge in [-0.05, 0) is 22.9 Å². The van der Waals surface area contributed by atoms with Crippen LogP contribution in [0, 0.1) is 0 Å². The van der Waals surface area contributed by atoms with Gasteiger partial charge in [0.2, 0.25) is 5.82 Å². The molecule has 0 saturated heterocycles. The topological polar surface area (TPSA) is 84.8 Å². The first-order valence-electron chi connectivity index (χ1n) is 6.19. The molecule has 112 valence electrons.